The fourth-order valence-corrected chi connectivity index (χ4v) is 1.72. The van der Waals surface area contributed by atoms with Crippen molar-refractivity contribution in [3.8, 4) is 5.75 Å². The van der Waals surface area contributed by atoms with Crippen LogP contribution in [0.1, 0.15) is 18.6 Å². The quantitative estimate of drug-likeness (QED) is 0.830. The van der Waals surface area contributed by atoms with Crippen molar-refractivity contribution in [3.05, 3.63) is 59.1 Å². The molecule has 0 aromatic heterocycles. The van der Waals surface area contributed by atoms with Gasteiger partial charge in [0.1, 0.15) is 11.9 Å². The summed E-state index contributed by atoms with van der Waals surface area (Å²) in [7, 11) is 0. The highest BCUT2D eigenvalue weighted by atomic mass is 35.5. The third-order valence-electron chi connectivity index (χ3n) is 2.51. The van der Waals surface area contributed by atoms with Crippen LogP contribution >= 0.6 is 11.6 Å². The Labute approximate surface area is 106 Å². The molecule has 88 valence electrons. The maximum atomic E-state index is 5.81. The summed E-state index contributed by atoms with van der Waals surface area (Å²) in [5, 5.41) is 0.703. The van der Waals surface area contributed by atoms with Gasteiger partial charge in [0.2, 0.25) is 0 Å². The van der Waals surface area contributed by atoms with Crippen LogP contribution in [0.3, 0.4) is 0 Å². The van der Waals surface area contributed by atoms with Crippen molar-refractivity contribution in [1.29, 1.82) is 0 Å². The highest BCUT2D eigenvalue weighted by Gasteiger charge is 2.07. The van der Waals surface area contributed by atoms with E-state index in [9.17, 15) is 0 Å². The lowest BCUT2D eigenvalue weighted by Gasteiger charge is -2.15. The number of ether oxygens (including phenoxy) is 1. The molecule has 0 bridgehead atoms. The van der Waals surface area contributed by atoms with Gasteiger partial charge in [0.15, 0.2) is 0 Å². The number of halogens is 1. The summed E-state index contributed by atoms with van der Waals surface area (Å²) >= 11 is 5.81. The molecule has 0 spiro atoms. The van der Waals surface area contributed by atoms with Crippen molar-refractivity contribution in [2.75, 3.05) is 5.73 Å². The maximum Gasteiger partial charge on any atom is 0.121 e. The second kappa shape index (κ2) is 5.11. The van der Waals surface area contributed by atoms with E-state index in [-0.39, 0.29) is 6.10 Å². The molecule has 0 saturated heterocycles. The van der Waals surface area contributed by atoms with E-state index < -0.39 is 0 Å². The zero-order valence-corrected chi connectivity index (χ0v) is 10.3. The topological polar surface area (TPSA) is 35.2 Å². The number of hydrogen-bond donors (Lipinski definition) is 1. The summed E-state index contributed by atoms with van der Waals surface area (Å²) in [5.41, 5.74) is 7.54. The number of benzene rings is 2. The van der Waals surface area contributed by atoms with Gasteiger partial charge in [0.05, 0.1) is 0 Å². The van der Waals surface area contributed by atoms with Gasteiger partial charge in [0.25, 0.3) is 0 Å². The lowest BCUT2D eigenvalue weighted by atomic mass is 10.1. The lowest BCUT2D eigenvalue weighted by Crippen LogP contribution is -2.03. The third kappa shape index (κ3) is 3.14. The first-order valence-electron chi connectivity index (χ1n) is 5.43. The molecule has 0 aliphatic heterocycles. The van der Waals surface area contributed by atoms with Crippen LogP contribution in [-0.2, 0) is 0 Å². The van der Waals surface area contributed by atoms with Crippen LogP contribution in [0, 0.1) is 0 Å². The Morgan fingerprint density at radius 1 is 1.12 bits per heavy atom. The van der Waals surface area contributed by atoms with E-state index in [4.69, 9.17) is 22.1 Å². The zero-order valence-electron chi connectivity index (χ0n) is 9.56. The Balaban J connectivity index is 2.11. The molecule has 2 nitrogen and oxygen atoms in total. The predicted molar refractivity (Wildman–Crippen MR) is 71.3 cm³/mol. The highest BCUT2D eigenvalue weighted by molar-refractivity contribution is 6.30. The van der Waals surface area contributed by atoms with E-state index in [2.05, 4.69) is 0 Å². The van der Waals surface area contributed by atoms with Gasteiger partial charge in [0, 0.05) is 10.7 Å². The van der Waals surface area contributed by atoms with E-state index in [0.29, 0.717) is 5.02 Å². The van der Waals surface area contributed by atoms with Crippen molar-refractivity contribution < 1.29 is 4.74 Å². The van der Waals surface area contributed by atoms with Crippen molar-refractivity contribution in [2.45, 2.75) is 13.0 Å². The molecule has 0 heterocycles. The molecular formula is C14H14ClNO. The number of rotatable bonds is 3. The van der Waals surface area contributed by atoms with Gasteiger partial charge in [-0.2, -0.15) is 0 Å². The van der Waals surface area contributed by atoms with Gasteiger partial charge in [-0.15, -0.1) is 0 Å². The average Bonchev–Trinajstić information content (AvgIpc) is 2.32. The average molecular weight is 248 g/mol. The summed E-state index contributed by atoms with van der Waals surface area (Å²) in [6, 6.07) is 15.0. The molecule has 0 saturated carbocycles. The molecule has 1 unspecified atom stereocenters. The standard InChI is InChI=1S/C14H14ClNO/c1-10(11-3-2-4-13(16)9-11)17-14-7-5-12(15)6-8-14/h2-10H,16H2,1H3. The highest BCUT2D eigenvalue weighted by Crippen LogP contribution is 2.24. The fourth-order valence-electron chi connectivity index (χ4n) is 1.60. The van der Waals surface area contributed by atoms with Crippen molar-refractivity contribution in [3.63, 3.8) is 0 Å². The Kier molecular flexibility index (Phi) is 3.55. The summed E-state index contributed by atoms with van der Waals surface area (Å²) in [4.78, 5) is 0. The number of anilines is 1. The first-order valence-corrected chi connectivity index (χ1v) is 5.80. The van der Waals surface area contributed by atoms with E-state index in [0.717, 1.165) is 17.0 Å². The lowest BCUT2D eigenvalue weighted by molar-refractivity contribution is 0.227. The van der Waals surface area contributed by atoms with Crippen LogP contribution in [0.15, 0.2) is 48.5 Å². The minimum absolute atomic E-state index is 0.0420. The van der Waals surface area contributed by atoms with Gasteiger partial charge in [-0.05, 0) is 48.9 Å². The molecule has 3 heteroatoms. The van der Waals surface area contributed by atoms with Crippen molar-refractivity contribution in [2.24, 2.45) is 0 Å². The van der Waals surface area contributed by atoms with E-state index >= 15 is 0 Å². The minimum atomic E-state index is -0.0420. The van der Waals surface area contributed by atoms with Gasteiger partial charge in [-0.3, -0.25) is 0 Å². The summed E-state index contributed by atoms with van der Waals surface area (Å²) < 4.78 is 5.80. The van der Waals surface area contributed by atoms with Crippen LogP contribution < -0.4 is 10.5 Å². The zero-order chi connectivity index (χ0) is 12.3. The first kappa shape index (κ1) is 11.8. The Hall–Kier alpha value is -1.67. The largest absolute Gasteiger partial charge is 0.486 e. The molecule has 17 heavy (non-hydrogen) atoms. The van der Waals surface area contributed by atoms with Crippen LogP contribution in [0.2, 0.25) is 5.02 Å². The minimum Gasteiger partial charge on any atom is -0.486 e. The number of nitrogens with two attached hydrogens (primary N) is 1. The number of hydrogen-bond acceptors (Lipinski definition) is 2. The monoisotopic (exact) mass is 247 g/mol. The van der Waals surface area contributed by atoms with Crippen molar-refractivity contribution in [1.82, 2.24) is 0 Å². The molecule has 0 radical (unpaired) electrons. The van der Waals surface area contributed by atoms with E-state index in [1.54, 1.807) is 0 Å². The Bertz CT molecular complexity index is 496. The van der Waals surface area contributed by atoms with Crippen LogP contribution in [0.4, 0.5) is 5.69 Å². The number of nitrogen functional groups attached to an aromatic ring is 1. The second-order valence-electron chi connectivity index (χ2n) is 3.88. The normalized spacial score (nSPS) is 12.1. The van der Waals surface area contributed by atoms with Crippen molar-refractivity contribution >= 4 is 17.3 Å². The second-order valence-corrected chi connectivity index (χ2v) is 4.32. The Morgan fingerprint density at radius 3 is 2.47 bits per heavy atom. The third-order valence-corrected chi connectivity index (χ3v) is 2.76. The van der Waals surface area contributed by atoms with Gasteiger partial charge in [-0.1, -0.05) is 23.7 Å². The summed E-state index contributed by atoms with van der Waals surface area (Å²) in [6.07, 6.45) is -0.0420. The molecule has 2 rings (SSSR count). The van der Waals surface area contributed by atoms with Crippen LogP contribution in [0.25, 0.3) is 0 Å². The van der Waals surface area contributed by atoms with Gasteiger partial charge < -0.3 is 10.5 Å². The molecule has 1 atom stereocenters. The first-order chi connectivity index (χ1) is 8.15. The van der Waals surface area contributed by atoms with Crippen LogP contribution in [-0.4, -0.2) is 0 Å². The molecule has 0 amide bonds. The van der Waals surface area contributed by atoms with E-state index in [1.165, 1.54) is 0 Å². The molecule has 2 aromatic rings. The summed E-state index contributed by atoms with van der Waals surface area (Å²) in [6.45, 7) is 1.99. The predicted octanol–water partition coefficient (Wildman–Crippen LogP) is 4.06. The van der Waals surface area contributed by atoms with Gasteiger partial charge >= 0.3 is 0 Å². The summed E-state index contributed by atoms with van der Waals surface area (Å²) in [5.74, 6) is 0.796. The fraction of sp³-hybridized carbons (Fsp3) is 0.143. The molecular weight excluding hydrogens is 234 g/mol. The van der Waals surface area contributed by atoms with E-state index in [1.807, 2.05) is 55.5 Å². The molecule has 2 aromatic carbocycles. The SMILES string of the molecule is CC(Oc1ccc(Cl)cc1)c1cccc(N)c1. The molecule has 2 N–H and O–H groups in total. The molecule has 0 fully saturated rings. The maximum absolute atomic E-state index is 5.81. The smallest absolute Gasteiger partial charge is 0.121 e. The van der Waals surface area contributed by atoms with Crippen LogP contribution in [0.5, 0.6) is 5.75 Å². The van der Waals surface area contributed by atoms with Gasteiger partial charge in [-0.25, -0.2) is 0 Å². The molecule has 0 aliphatic rings. The molecule has 0 aliphatic carbocycles. The Morgan fingerprint density at radius 2 is 1.82 bits per heavy atom.